The first-order valence-corrected chi connectivity index (χ1v) is 4.38. The fourth-order valence-electron chi connectivity index (χ4n) is 1.27. The summed E-state index contributed by atoms with van der Waals surface area (Å²) in [5.41, 5.74) is -1.03. The third kappa shape index (κ3) is 1.82. The van der Waals surface area contributed by atoms with E-state index < -0.39 is 34.6 Å². The van der Waals surface area contributed by atoms with Gasteiger partial charge in [0.15, 0.2) is 23.1 Å². The summed E-state index contributed by atoms with van der Waals surface area (Å²) in [6.45, 7) is 0. The summed E-state index contributed by atoms with van der Waals surface area (Å²) in [5.74, 6) is -4.84. The predicted molar refractivity (Wildman–Crippen MR) is 50.5 cm³/mol. The molecule has 0 radical (unpaired) electrons. The molecule has 0 saturated heterocycles. The molecule has 0 aliphatic heterocycles. The Kier molecular flexibility index (Phi) is 2.51. The maximum absolute atomic E-state index is 13.4. The van der Waals surface area contributed by atoms with E-state index in [0.29, 0.717) is 0 Å². The number of phenolic OH excluding ortho intramolecular Hbond substituents is 1. The van der Waals surface area contributed by atoms with E-state index in [1.54, 1.807) is 0 Å². The molecular formula is C10H5F2NO4. The monoisotopic (exact) mass is 241 g/mol. The maximum atomic E-state index is 13.4. The van der Waals surface area contributed by atoms with Crippen molar-refractivity contribution in [2.75, 3.05) is 0 Å². The Bertz CT molecular complexity index is 594. The van der Waals surface area contributed by atoms with Crippen molar-refractivity contribution in [3.63, 3.8) is 0 Å². The molecular weight excluding hydrogens is 236 g/mol. The first-order chi connectivity index (χ1) is 8.00. The molecule has 2 N–H and O–H groups in total. The fraction of sp³-hybridized carbons (Fsp3) is 0. The second-order valence-electron chi connectivity index (χ2n) is 3.14. The van der Waals surface area contributed by atoms with Gasteiger partial charge in [-0.25, -0.2) is 13.6 Å². The van der Waals surface area contributed by atoms with Crippen molar-refractivity contribution in [2.24, 2.45) is 0 Å². The van der Waals surface area contributed by atoms with Crippen LogP contribution in [0.25, 0.3) is 11.3 Å². The Labute approximate surface area is 92.9 Å². The number of carboxylic acids is 1. The number of carbonyl (C=O) groups is 1. The van der Waals surface area contributed by atoms with Gasteiger partial charge in [0.1, 0.15) is 11.3 Å². The zero-order valence-electron chi connectivity index (χ0n) is 8.15. The number of carboxylic acid groups (broad SMARTS) is 1. The van der Waals surface area contributed by atoms with E-state index in [1.165, 1.54) is 0 Å². The first kappa shape index (κ1) is 11.1. The highest BCUT2D eigenvalue weighted by molar-refractivity contribution is 5.86. The van der Waals surface area contributed by atoms with Gasteiger partial charge in [-0.3, -0.25) is 0 Å². The number of aromatic hydroxyl groups is 1. The molecule has 0 atom stereocenters. The van der Waals surface area contributed by atoms with Gasteiger partial charge in [0.25, 0.3) is 0 Å². The van der Waals surface area contributed by atoms with Crippen molar-refractivity contribution in [3.8, 4) is 17.1 Å². The van der Waals surface area contributed by atoms with Crippen molar-refractivity contribution < 1.29 is 28.3 Å². The third-order valence-electron chi connectivity index (χ3n) is 2.05. The summed E-state index contributed by atoms with van der Waals surface area (Å²) < 4.78 is 30.9. The fourth-order valence-corrected chi connectivity index (χ4v) is 1.27. The summed E-state index contributed by atoms with van der Waals surface area (Å²) >= 11 is 0. The molecule has 0 aliphatic carbocycles. The number of benzene rings is 1. The minimum absolute atomic E-state index is 0.364. The number of aromatic nitrogens is 1. The highest BCUT2D eigenvalue weighted by Crippen LogP contribution is 2.33. The molecule has 7 heteroatoms. The maximum Gasteiger partial charge on any atom is 0.358 e. The van der Waals surface area contributed by atoms with Gasteiger partial charge in [-0.2, -0.15) is 0 Å². The van der Waals surface area contributed by atoms with Crippen LogP contribution in [-0.2, 0) is 0 Å². The standard InChI is InChI=1S/C10H5F2NO4/c11-4-1-2-6(14)8(9(4)12)7-3-5(10(15)16)13-17-7/h1-3,14H,(H,15,16). The lowest BCUT2D eigenvalue weighted by atomic mass is 10.1. The highest BCUT2D eigenvalue weighted by Gasteiger charge is 2.21. The van der Waals surface area contributed by atoms with Crippen LogP contribution in [0.15, 0.2) is 22.7 Å². The number of nitrogens with zero attached hydrogens (tertiary/aromatic N) is 1. The summed E-state index contributed by atoms with van der Waals surface area (Å²) in [5, 5.41) is 21.1. The Hall–Kier alpha value is -2.44. The topological polar surface area (TPSA) is 83.6 Å². The normalized spacial score (nSPS) is 10.5. The van der Waals surface area contributed by atoms with Crippen LogP contribution in [-0.4, -0.2) is 21.3 Å². The number of halogens is 2. The number of phenols is 1. The van der Waals surface area contributed by atoms with Crippen LogP contribution in [0.5, 0.6) is 5.75 Å². The Morgan fingerprint density at radius 1 is 1.35 bits per heavy atom. The molecule has 1 aromatic carbocycles. The number of aromatic carboxylic acids is 1. The molecule has 88 valence electrons. The van der Waals surface area contributed by atoms with Crippen LogP contribution in [0.1, 0.15) is 10.5 Å². The van der Waals surface area contributed by atoms with Crippen molar-refractivity contribution in [1.82, 2.24) is 5.16 Å². The van der Waals surface area contributed by atoms with Crippen LogP contribution < -0.4 is 0 Å². The third-order valence-corrected chi connectivity index (χ3v) is 2.05. The van der Waals surface area contributed by atoms with Gasteiger partial charge < -0.3 is 14.7 Å². The Balaban J connectivity index is 2.60. The lowest BCUT2D eigenvalue weighted by Gasteiger charge is -2.02. The van der Waals surface area contributed by atoms with Crippen molar-refractivity contribution in [2.45, 2.75) is 0 Å². The van der Waals surface area contributed by atoms with Gasteiger partial charge in [0.05, 0.1) is 0 Å². The van der Waals surface area contributed by atoms with Crippen LogP contribution >= 0.6 is 0 Å². The van der Waals surface area contributed by atoms with Gasteiger partial charge in [-0.1, -0.05) is 5.16 Å². The molecule has 0 spiro atoms. The smallest absolute Gasteiger partial charge is 0.358 e. The molecule has 1 heterocycles. The van der Waals surface area contributed by atoms with E-state index in [0.717, 1.165) is 18.2 Å². The van der Waals surface area contributed by atoms with E-state index in [4.69, 9.17) is 5.11 Å². The average molecular weight is 241 g/mol. The van der Waals surface area contributed by atoms with Gasteiger partial charge in [-0.15, -0.1) is 0 Å². The van der Waals surface area contributed by atoms with E-state index >= 15 is 0 Å². The summed E-state index contributed by atoms with van der Waals surface area (Å²) in [6, 6.07) is 2.55. The molecule has 2 rings (SSSR count). The van der Waals surface area contributed by atoms with Gasteiger partial charge >= 0.3 is 5.97 Å². The molecule has 0 saturated carbocycles. The number of hydrogen-bond acceptors (Lipinski definition) is 4. The molecule has 1 aromatic heterocycles. The number of rotatable bonds is 2. The van der Waals surface area contributed by atoms with Crippen molar-refractivity contribution in [1.29, 1.82) is 0 Å². The average Bonchev–Trinajstić information content (AvgIpc) is 2.73. The largest absolute Gasteiger partial charge is 0.507 e. The van der Waals surface area contributed by atoms with E-state index in [9.17, 15) is 18.7 Å². The molecule has 17 heavy (non-hydrogen) atoms. The Morgan fingerprint density at radius 2 is 2.06 bits per heavy atom. The molecule has 0 aliphatic rings. The van der Waals surface area contributed by atoms with Crippen molar-refractivity contribution >= 4 is 5.97 Å². The molecule has 2 aromatic rings. The quantitative estimate of drug-likeness (QED) is 0.840. The molecule has 5 nitrogen and oxygen atoms in total. The molecule has 0 bridgehead atoms. The summed E-state index contributed by atoms with van der Waals surface area (Å²) in [7, 11) is 0. The van der Waals surface area contributed by atoms with Crippen LogP contribution in [0.3, 0.4) is 0 Å². The summed E-state index contributed by atoms with van der Waals surface area (Å²) in [6.07, 6.45) is 0. The predicted octanol–water partition coefficient (Wildman–Crippen LogP) is 2.02. The molecule has 0 unspecified atom stereocenters. The molecule has 0 fully saturated rings. The van der Waals surface area contributed by atoms with Gasteiger partial charge in [0, 0.05) is 6.07 Å². The van der Waals surface area contributed by atoms with E-state index in [-0.39, 0.29) is 5.76 Å². The van der Waals surface area contributed by atoms with Crippen LogP contribution in [0.2, 0.25) is 0 Å². The van der Waals surface area contributed by atoms with E-state index in [1.807, 2.05) is 0 Å². The van der Waals surface area contributed by atoms with Crippen molar-refractivity contribution in [3.05, 3.63) is 35.5 Å². The lowest BCUT2D eigenvalue weighted by molar-refractivity contribution is 0.0686. The zero-order chi connectivity index (χ0) is 12.6. The SMILES string of the molecule is O=C(O)c1cc(-c2c(O)ccc(F)c2F)on1. The van der Waals surface area contributed by atoms with Gasteiger partial charge in [0.2, 0.25) is 0 Å². The second kappa shape index (κ2) is 3.85. The summed E-state index contributed by atoms with van der Waals surface area (Å²) in [4.78, 5) is 10.5. The zero-order valence-corrected chi connectivity index (χ0v) is 8.15. The first-order valence-electron chi connectivity index (χ1n) is 4.38. The molecule has 0 amide bonds. The minimum atomic E-state index is -1.38. The highest BCUT2D eigenvalue weighted by atomic mass is 19.2. The number of hydrogen-bond donors (Lipinski definition) is 2. The minimum Gasteiger partial charge on any atom is -0.507 e. The second-order valence-corrected chi connectivity index (χ2v) is 3.14. The van der Waals surface area contributed by atoms with Gasteiger partial charge in [-0.05, 0) is 12.1 Å². The Morgan fingerprint density at radius 3 is 2.65 bits per heavy atom. The van der Waals surface area contributed by atoms with Crippen LogP contribution in [0.4, 0.5) is 8.78 Å². The van der Waals surface area contributed by atoms with Crippen LogP contribution in [0, 0.1) is 11.6 Å². The lowest BCUT2D eigenvalue weighted by Crippen LogP contribution is -1.94. The van der Waals surface area contributed by atoms with E-state index in [2.05, 4.69) is 9.68 Å².